The Hall–Kier alpha value is -0.200. The molecule has 1 aliphatic rings. The van der Waals surface area contributed by atoms with E-state index in [4.69, 9.17) is 14.2 Å². The fourth-order valence-electron chi connectivity index (χ4n) is 2.44. The highest BCUT2D eigenvalue weighted by atomic mass is 16.5. The molecule has 1 saturated heterocycles. The average molecular weight is 303 g/mol. The predicted octanol–water partition coefficient (Wildman–Crippen LogP) is 1.54. The predicted molar refractivity (Wildman–Crippen MR) is 83.6 cm³/mol. The Morgan fingerprint density at radius 2 is 1.67 bits per heavy atom. The summed E-state index contributed by atoms with van der Waals surface area (Å²) < 4.78 is 16.4. The fraction of sp³-hybridized carbons (Fsp3) is 1.00. The molecule has 2 atom stereocenters. The lowest BCUT2D eigenvalue weighted by atomic mass is 10.0. The number of nitrogens with zero attached hydrogens (tertiary/aromatic N) is 1. The Labute approximate surface area is 129 Å². The highest BCUT2D eigenvalue weighted by Crippen LogP contribution is 2.18. The number of aliphatic hydroxyl groups is 1. The van der Waals surface area contributed by atoms with Crippen molar-refractivity contribution in [2.45, 2.75) is 39.2 Å². The van der Waals surface area contributed by atoms with Crippen molar-refractivity contribution in [1.82, 2.24) is 4.90 Å². The van der Waals surface area contributed by atoms with Gasteiger partial charge in [-0.1, -0.05) is 13.3 Å². The summed E-state index contributed by atoms with van der Waals surface area (Å²) in [5, 5.41) is 9.55. The molecule has 5 heteroatoms. The molecule has 1 aliphatic heterocycles. The summed E-state index contributed by atoms with van der Waals surface area (Å²) in [6.45, 7) is 11.2. The van der Waals surface area contributed by atoms with Gasteiger partial charge in [0.1, 0.15) is 0 Å². The molecule has 0 radical (unpaired) electrons. The number of hydrogen-bond donors (Lipinski definition) is 1. The van der Waals surface area contributed by atoms with Crippen LogP contribution in [-0.2, 0) is 14.2 Å². The molecule has 1 N–H and O–H groups in total. The van der Waals surface area contributed by atoms with Crippen molar-refractivity contribution >= 4 is 0 Å². The molecule has 0 saturated carbocycles. The van der Waals surface area contributed by atoms with Gasteiger partial charge >= 0.3 is 0 Å². The van der Waals surface area contributed by atoms with Crippen LogP contribution in [-0.4, -0.2) is 75.4 Å². The second-order valence-corrected chi connectivity index (χ2v) is 5.78. The van der Waals surface area contributed by atoms with Crippen LogP contribution in [0.5, 0.6) is 0 Å². The molecule has 126 valence electrons. The SMILES string of the molecule is CCCCOCCOCCOCCN1CCC(C(C)O)C1. The summed E-state index contributed by atoms with van der Waals surface area (Å²) in [5.41, 5.74) is 0. The summed E-state index contributed by atoms with van der Waals surface area (Å²) >= 11 is 0. The van der Waals surface area contributed by atoms with Crippen LogP contribution >= 0.6 is 0 Å². The first-order valence-electron chi connectivity index (χ1n) is 8.37. The van der Waals surface area contributed by atoms with Crippen molar-refractivity contribution in [1.29, 1.82) is 0 Å². The largest absolute Gasteiger partial charge is 0.393 e. The van der Waals surface area contributed by atoms with Crippen LogP contribution in [0.1, 0.15) is 33.1 Å². The second-order valence-electron chi connectivity index (χ2n) is 5.78. The molecule has 21 heavy (non-hydrogen) atoms. The molecule has 0 spiro atoms. The summed E-state index contributed by atoms with van der Waals surface area (Å²) in [7, 11) is 0. The standard InChI is InChI=1S/C16H33NO4/c1-3-4-8-19-10-12-21-13-11-20-9-7-17-6-5-16(14-17)15(2)18/h15-16,18H,3-14H2,1-2H3. The second kappa shape index (κ2) is 12.4. The fourth-order valence-corrected chi connectivity index (χ4v) is 2.44. The summed E-state index contributed by atoms with van der Waals surface area (Å²) in [5.74, 6) is 0.432. The molecule has 5 nitrogen and oxygen atoms in total. The number of ether oxygens (including phenoxy) is 3. The minimum Gasteiger partial charge on any atom is -0.393 e. The van der Waals surface area contributed by atoms with Gasteiger partial charge in [-0.15, -0.1) is 0 Å². The molecule has 0 amide bonds. The Kier molecular flexibility index (Phi) is 11.1. The maximum atomic E-state index is 9.55. The highest BCUT2D eigenvalue weighted by Gasteiger charge is 2.25. The molecule has 2 unspecified atom stereocenters. The molecule has 0 bridgehead atoms. The van der Waals surface area contributed by atoms with Crippen LogP contribution in [0.3, 0.4) is 0 Å². The Balaban J connectivity index is 1.79. The van der Waals surface area contributed by atoms with Gasteiger partial charge in [-0.05, 0) is 32.2 Å². The average Bonchev–Trinajstić information content (AvgIpc) is 2.94. The van der Waals surface area contributed by atoms with Crippen LogP contribution in [0.25, 0.3) is 0 Å². The number of hydrogen-bond acceptors (Lipinski definition) is 5. The third kappa shape index (κ3) is 9.42. The van der Waals surface area contributed by atoms with Gasteiger partial charge in [0.2, 0.25) is 0 Å². The van der Waals surface area contributed by atoms with E-state index in [-0.39, 0.29) is 6.10 Å². The van der Waals surface area contributed by atoms with E-state index in [0.29, 0.717) is 32.3 Å². The molecule has 0 aromatic heterocycles. The van der Waals surface area contributed by atoms with E-state index in [1.165, 1.54) is 6.42 Å². The van der Waals surface area contributed by atoms with Crippen molar-refractivity contribution in [3.63, 3.8) is 0 Å². The van der Waals surface area contributed by atoms with Crippen LogP contribution in [0.4, 0.5) is 0 Å². The number of likely N-dealkylation sites (tertiary alicyclic amines) is 1. The quantitative estimate of drug-likeness (QED) is 0.523. The van der Waals surface area contributed by atoms with E-state index >= 15 is 0 Å². The van der Waals surface area contributed by atoms with E-state index in [9.17, 15) is 5.11 Å². The Morgan fingerprint density at radius 3 is 2.24 bits per heavy atom. The van der Waals surface area contributed by atoms with Crippen molar-refractivity contribution < 1.29 is 19.3 Å². The van der Waals surface area contributed by atoms with Crippen LogP contribution in [0, 0.1) is 5.92 Å². The Bertz CT molecular complexity index is 238. The molecular weight excluding hydrogens is 270 g/mol. The van der Waals surface area contributed by atoms with Crippen molar-refractivity contribution in [3.05, 3.63) is 0 Å². The molecule has 0 aromatic carbocycles. The molecule has 1 heterocycles. The summed E-state index contributed by atoms with van der Waals surface area (Å²) in [4.78, 5) is 2.36. The van der Waals surface area contributed by atoms with Gasteiger partial charge < -0.3 is 24.2 Å². The summed E-state index contributed by atoms with van der Waals surface area (Å²) in [6.07, 6.45) is 3.20. The third-order valence-corrected chi connectivity index (χ3v) is 3.93. The summed E-state index contributed by atoms with van der Waals surface area (Å²) in [6, 6.07) is 0. The minimum absolute atomic E-state index is 0.191. The number of unbranched alkanes of at least 4 members (excludes halogenated alkanes) is 1. The molecule has 1 rings (SSSR count). The number of rotatable bonds is 13. The molecular formula is C16H33NO4. The van der Waals surface area contributed by atoms with Gasteiger partial charge in [0, 0.05) is 19.7 Å². The van der Waals surface area contributed by atoms with Gasteiger partial charge in [-0.2, -0.15) is 0 Å². The van der Waals surface area contributed by atoms with Gasteiger partial charge in [0.15, 0.2) is 0 Å². The van der Waals surface area contributed by atoms with E-state index in [1.54, 1.807) is 0 Å². The molecule has 0 aliphatic carbocycles. The van der Waals surface area contributed by atoms with Gasteiger partial charge in [-0.25, -0.2) is 0 Å². The lowest BCUT2D eigenvalue weighted by molar-refractivity contribution is 0.0107. The zero-order valence-electron chi connectivity index (χ0n) is 13.8. The van der Waals surface area contributed by atoms with Crippen LogP contribution in [0.15, 0.2) is 0 Å². The monoisotopic (exact) mass is 303 g/mol. The zero-order valence-corrected chi connectivity index (χ0v) is 13.8. The van der Waals surface area contributed by atoms with Gasteiger partial charge in [0.25, 0.3) is 0 Å². The smallest absolute Gasteiger partial charge is 0.0701 e. The van der Waals surface area contributed by atoms with E-state index in [2.05, 4.69) is 11.8 Å². The first-order valence-corrected chi connectivity index (χ1v) is 8.37. The maximum absolute atomic E-state index is 9.55. The van der Waals surface area contributed by atoms with Crippen LogP contribution < -0.4 is 0 Å². The van der Waals surface area contributed by atoms with E-state index < -0.39 is 0 Å². The van der Waals surface area contributed by atoms with Crippen molar-refractivity contribution in [2.24, 2.45) is 5.92 Å². The minimum atomic E-state index is -0.191. The van der Waals surface area contributed by atoms with Crippen LogP contribution in [0.2, 0.25) is 0 Å². The van der Waals surface area contributed by atoms with E-state index in [0.717, 1.165) is 45.7 Å². The lowest BCUT2D eigenvalue weighted by Gasteiger charge is -2.17. The van der Waals surface area contributed by atoms with E-state index in [1.807, 2.05) is 6.92 Å². The van der Waals surface area contributed by atoms with Gasteiger partial charge in [0.05, 0.1) is 39.1 Å². The van der Waals surface area contributed by atoms with Crippen molar-refractivity contribution in [3.8, 4) is 0 Å². The first-order chi connectivity index (χ1) is 10.2. The van der Waals surface area contributed by atoms with Gasteiger partial charge in [-0.3, -0.25) is 0 Å². The topological polar surface area (TPSA) is 51.2 Å². The molecule has 1 fully saturated rings. The molecule has 0 aromatic rings. The van der Waals surface area contributed by atoms with Crippen molar-refractivity contribution in [2.75, 3.05) is 59.3 Å². The highest BCUT2D eigenvalue weighted by molar-refractivity contribution is 4.78. The maximum Gasteiger partial charge on any atom is 0.0701 e. The number of aliphatic hydroxyl groups excluding tert-OH is 1. The first kappa shape index (κ1) is 18.8. The normalized spacial score (nSPS) is 21.0. The lowest BCUT2D eigenvalue weighted by Crippen LogP contribution is -2.27. The Morgan fingerprint density at radius 1 is 1.05 bits per heavy atom. The third-order valence-electron chi connectivity index (χ3n) is 3.93. The zero-order chi connectivity index (χ0) is 15.3.